The molecule has 0 bridgehead atoms. The van der Waals surface area contributed by atoms with Crippen LogP contribution in [0, 0.1) is 5.82 Å². The Morgan fingerprint density at radius 1 is 1.50 bits per heavy atom. The second kappa shape index (κ2) is 4.01. The molecular formula is C9H5BrFN3O2. The molecule has 0 unspecified atom stereocenters. The van der Waals surface area contributed by atoms with E-state index in [0.717, 1.165) is 10.9 Å². The highest BCUT2D eigenvalue weighted by Gasteiger charge is 2.15. The van der Waals surface area contributed by atoms with Crippen LogP contribution >= 0.6 is 15.9 Å². The molecule has 0 fully saturated rings. The highest BCUT2D eigenvalue weighted by molar-refractivity contribution is 9.10. The summed E-state index contributed by atoms with van der Waals surface area (Å²) in [4.78, 5) is 10.8. The number of carboxylic acid groups (broad SMARTS) is 1. The van der Waals surface area contributed by atoms with Crippen molar-refractivity contribution in [3.63, 3.8) is 0 Å². The van der Waals surface area contributed by atoms with Crippen molar-refractivity contribution in [2.24, 2.45) is 0 Å². The van der Waals surface area contributed by atoms with Gasteiger partial charge < -0.3 is 5.11 Å². The molecule has 2 aromatic rings. The summed E-state index contributed by atoms with van der Waals surface area (Å²) in [5, 5.41) is 16.0. The van der Waals surface area contributed by atoms with E-state index in [1.165, 1.54) is 18.2 Å². The number of aromatic nitrogens is 3. The smallest absolute Gasteiger partial charge is 0.356 e. The molecule has 0 aliphatic rings. The Kier molecular flexibility index (Phi) is 2.69. The van der Waals surface area contributed by atoms with Crippen LogP contribution in [0.3, 0.4) is 0 Å². The van der Waals surface area contributed by atoms with Gasteiger partial charge in [-0.2, -0.15) is 0 Å². The zero-order chi connectivity index (χ0) is 11.7. The minimum atomic E-state index is -1.15. The Bertz CT molecular complexity index is 555. The number of hydrogen-bond donors (Lipinski definition) is 1. The SMILES string of the molecule is O=C(O)c1cnnn1-c1ccc(F)cc1Br. The monoisotopic (exact) mass is 285 g/mol. The first kappa shape index (κ1) is 10.7. The van der Waals surface area contributed by atoms with Crippen LogP contribution in [-0.4, -0.2) is 26.1 Å². The molecule has 16 heavy (non-hydrogen) atoms. The standard InChI is InChI=1S/C9H5BrFN3O2/c10-6-3-5(11)1-2-7(6)14-8(9(15)16)4-12-13-14/h1-4H,(H,15,16). The van der Waals surface area contributed by atoms with E-state index in [0.29, 0.717) is 10.2 Å². The molecule has 1 aromatic carbocycles. The molecule has 1 N–H and O–H groups in total. The zero-order valence-corrected chi connectivity index (χ0v) is 9.35. The first-order chi connectivity index (χ1) is 7.59. The third kappa shape index (κ3) is 1.81. The lowest BCUT2D eigenvalue weighted by Crippen LogP contribution is -2.08. The number of aromatic carboxylic acids is 1. The highest BCUT2D eigenvalue weighted by atomic mass is 79.9. The topological polar surface area (TPSA) is 68.0 Å². The van der Waals surface area contributed by atoms with Gasteiger partial charge in [0.2, 0.25) is 0 Å². The van der Waals surface area contributed by atoms with Crippen molar-refractivity contribution in [3.05, 3.63) is 40.4 Å². The molecule has 0 aliphatic carbocycles. The first-order valence-corrected chi connectivity index (χ1v) is 4.98. The lowest BCUT2D eigenvalue weighted by Gasteiger charge is -2.05. The molecule has 0 saturated heterocycles. The third-order valence-electron chi connectivity index (χ3n) is 1.91. The van der Waals surface area contributed by atoms with Gasteiger partial charge in [-0.1, -0.05) is 5.21 Å². The number of carboxylic acids is 1. The molecule has 82 valence electrons. The van der Waals surface area contributed by atoms with E-state index in [2.05, 4.69) is 26.2 Å². The van der Waals surface area contributed by atoms with Gasteiger partial charge in [0.05, 0.1) is 11.9 Å². The number of halogens is 2. The van der Waals surface area contributed by atoms with E-state index in [-0.39, 0.29) is 5.69 Å². The molecule has 7 heteroatoms. The van der Waals surface area contributed by atoms with Gasteiger partial charge in [-0.25, -0.2) is 13.9 Å². The molecule has 0 aliphatic heterocycles. The van der Waals surface area contributed by atoms with Crippen LogP contribution in [0.25, 0.3) is 5.69 Å². The Labute approximate surface area is 97.6 Å². The second-order valence-electron chi connectivity index (χ2n) is 2.93. The van der Waals surface area contributed by atoms with Crippen LogP contribution in [0.15, 0.2) is 28.9 Å². The van der Waals surface area contributed by atoms with E-state index in [4.69, 9.17) is 5.11 Å². The van der Waals surface area contributed by atoms with E-state index < -0.39 is 11.8 Å². The van der Waals surface area contributed by atoms with Gasteiger partial charge in [-0.15, -0.1) is 5.10 Å². The third-order valence-corrected chi connectivity index (χ3v) is 2.54. The van der Waals surface area contributed by atoms with E-state index in [1.807, 2.05) is 0 Å². The first-order valence-electron chi connectivity index (χ1n) is 4.19. The van der Waals surface area contributed by atoms with Crippen molar-refractivity contribution >= 4 is 21.9 Å². The summed E-state index contributed by atoms with van der Waals surface area (Å²) in [6.45, 7) is 0. The Balaban J connectivity index is 2.59. The lowest BCUT2D eigenvalue weighted by atomic mass is 10.3. The van der Waals surface area contributed by atoms with Crippen molar-refractivity contribution in [2.75, 3.05) is 0 Å². The fraction of sp³-hybridized carbons (Fsp3) is 0. The van der Waals surface area contributed by atoms with Crippen LogP contribution in [0.5, 0.6) is 0 Å². The largest absolute Gasteiger partial charge is 0.476 e. The number of carbonyl (C=O) groups is 1. The van der Waals surface area contributed by atoms with Crippen LogP contribution in [0.2, 0.25) is 0 Å². The summed E-state index contributed by atoms with van der Waals surface area (Å²) in [7, 11) is 0. The molecule has 0 radical (unpaired) electrons. The van der Waals surface area contributed by atoms with Gasteiger partial charge in [0.1, 0.15) is 5.82 Å². The Morgan fingerprint density at radius 3 is 2.88 bits per heavy atom. The fourth-order valence-corrected chi connectivity index (χ4v) is 1.73. The molecule has 0 saturated carbocycles. The molecule has 1 aromatic heterocycles. The fourth-order valence-electron chi connectivity index (χ4n) is 1.21. The van der Waals surface area contributed by atoms with Gasteiger partial charge in [-0.05, 0) is 34.1 Å². The molecular weight excluding hydrogens is 281 g/mol. The normalized spacial score (nSPS) is 10.4. The van der Waals surface area contributed by atoms with Crippen LogP contribution in [-0.2, 0) is 0 Å². The average molecular weight is 286 g/mol. The summed E-state index contributed by atoms with van der Waals surface area (Å²) in [5.74, 6) is -1.58. The molecule has 2 rings (SSSR count). The molecule has 0 atom stereocenters. The Hall–Kier alpha value is -1.76. The zero-order valence-electron chi connectivity index (χ0n) is 7.76. The van der Waals surface area contributed by atoms with Crippen molar-refractivity contribution in [3.8, 4) is 5.69 Å². The minimum Gasteiger partial charge on any atom is -0.476 e. The van der Waals surface area contributed by atoms with Crippen LogP contribution in [0.1, 0.15) is 10.5 Å². The molecule has 0 amide bonds. The van der Waals surface area contributed by atoms with Gasteiger partial charge in [0.25, 0.3) is 0 Å². The number of rotatable bonds is 2. The van der Waals surface area contributed by atoms with E-state index >= 15 is 0 Å². The van der Waals surface area contributed by atoms with E-state index in [1.54, 1.807) is 0 Å². The number of benzene rings is 1. The van der Waals surface area contributed by atoms with E-state index in [9.17, 15) is 9.18 Å². The molecule has 5 nitrogen and oxygen atoms in total. The maximum Gasteiger partial charge on any atom is 0.356 e. The molecule has 1 heterocycles. The van der Waals surface area contributed by atoms with Gasteiger partial charge in [0.15, 0.2) is 5.69 Å². The number of nitrogens with zero attached hydrogens (tertiary/aromatic N) is 3. The van der Waals surface area contributed by atoms with Crippen molar-refractivity contribution < 1.29 is 14.3 Å². The average Bonchev–Trinajstić information content (AvgIpc) is 2.66. The predicted molar refractivity (Wildman–Crippen MR) is 56.0 cm³/mol. The quantitative estimate of drug-likeness (QED) is 0.915. The Morgan fingerprint density at radius 2 is 2.25 bits per heavy atom. The summed E-state index contributed by atoms with van der Waals surface area (Å²) < 4.78 is 14.4. The second-order valence-corrected chi connectivity index (χ2v) is 3.79. The maximum absolute atomic E-state index is 12.9. The summed E-state index contributed by atoms with van der Waals surface area (Å²) in [6, 6.07) is 3.86. The molecule has 0 spiro atoms. The predicted octanol–water partition coefficient (Wildman–Crippen LogP) is 1.87. The minimum absolute atomic E-state index is 0.0905. The van der Waals surface area contributed by atoms with Gasteiger partial charge in [-0.3, -0.25) is 0 Å². The lowest BCUT2D eigenvalue weighted by molar-refractivity contribution is 0.0687. The summed E-state index contributed by atoms with van der Waals surface area (Å²) in [6.07, 6.45) is 1.12. The van der Waals surface area contributed by atoms with Crippen LogP contribution in [0.4, 0.5) is 4.39 Å². The van der Waals surface area contributed by atoms with Crippen molar-refractivity contribution in [1.82, 2.24) is 15.0 Å². The van der Waals surface area contributed by atoms with Crippen LogP contribution < -0.4 is 0 Å². The summed E-state index contributed by atoms with van der Waals surface area (Å²) in [5.41, 5.74) is 0.323. The summed E-state index contributed by atoms with van der Waals surface area (Å²) >= 11 is 3.13. The van der Waals surface area contributed by atoms with Gasteiger partial charge in [0, 0.05) is 4.47 Å². The van der Waals surface area contributed by atoms with Crippen molar-refractivity contribution in [2.45, 2.75) is 0 Å². The highest BCUT2D eigenvalue weighted by Crippen LogP contribution is 2.22. The number of hydrogen-bond acceptors (Lipinski definition) is 3. The maximum atomic E-state index is 12.9. The van der Waals surface area contributed by atoms with Gasteiger partial charge >= 0.3 is 5.97 Å². The van der Waals surface area contributed by atoms with Crippen molar-refractivity contribution in [1.29, 1.82) is 0 Å².